The van der Waals surface area contributed by atoms with Crippen LogP contribution in [0.3, 0.4) is 0 Å². The molecule has 0 aliphatic rings. The fourth-order valence-electron chi connectivity index (χ4n) is 1.74. The summed E-state index contributed by atoms with van der Waals surface area (Å²) in [6.45, 7) is 3.52. The van der Waals surface area contributed by atoms with Gasteiger partial charge in [-0.2, -0.15) is 11.8 Å². The maximum absolute atomic E-state index is 11.7. The molecule has 0 fully saturated rings. The molecule has 0 atom stereocenters. The number of guanidine groups is 1. The molecule has 136 valence electrons. The van der Waals surface area contributed by atoms with Crippen molar-refractivity contribution < 1.29 is 4.79 Å². The Hall–Kier alpha value is -0.670. The average molecular weight is 485 g/mol. The van der Waals surface area contributed by atoms with E-state index in [1.807, 2.05) is 25.1 Å². The highest BCUT2D eigenvalue weighted by atomic mass is 127. The van der Waals surface area contributed by atoms with Gasteiger partial charge in [0.25, 0.3) is 0 Å². The van der Waals surface area contributed by atoms with Gasteiger partial charge in [0.2, 0.25) is 5.91 Å². The first-order chi connectivity index (χ1) is 10.9. The first kappa shape index (κ1) is 23.3. The first-order valence-electron chi connectivity index (χ1n) is 7.40. The maximum Gasteiger partial charge on any atom is 0.241 e. The third kappa shape index (κ3) is 8.98. The summed E-state index contributed by atoms with van der Waals surface area (Å²) >= 11 is 7.79. The molecule has 0 aliphatic carbocycles. The van der Waals surface area contributed by atoms with Crippen molar-refractivity contribution in [1.29, 1.82) is 0 Å². The van der Waals surface area contributed by atoms with Crippen LogP contribution in [-0.2, 0) is 11.3 Å². The SMILES string of the molecule is CSCCNC(=NCc1ccc(Cl)c(C)c1)NCC(=O)N(C)C.I. The Bertz CT molecular complexity index is 555. The van der Waals surface area contributed by atoms with Crippen LogP contribution in [0.2, 0.25) is 5.02 Å². The highest BCUT2D eigenvalue weighted by Gasteiger charge is 2.06. The van der Waals surface area contributed by atoms with Gasteiger partial charge >= 0.3 is 0 Å². The van der Waals surface area contributed by atoms with Gasteiger partial charge in [0, 0.05) is 31.4 Å². The second-order valence-corrected chi connectivity index (χ2v) is 6.70. The minimum atomic E-state index is 0. The number of benzene rings is 1. The van der Waals surface area contributed by atoms with Crippen LogP contribution in [0.4, 0.5) is 0 Å². The Morgan fingerprint density at radius 2 is 2.04 bits per heavy atom. The van der Waals surface area contributed by atoms with Crippen molar-refractivity contribution in [3.05, 3.63) is 34.3 Å². The summed E-state index contributed by atoms with van der Waals surface area (Å²) in [6, 6.07) is 5.87. The van der Waals surface area contributed by atoms with Crippen LogP contribution in [-0.4, -0.2) is 56.0 Å². The number of carbonyl (C=O) groups excluding carboxylic acids is 1. The molecule has 0 aliphatic heterocycles. The number of rotatable bonds is 7. The molecular formula is C16H26ClIN4OS. The van der Waals surface area contributed by atoms with Gasteiger partial charge in [-0.25, -0.2) is 4.99 Å². The van der Waals surface area contributed by atoms with Crippen molar-refractivity contribution in [2.75, 3.05) is 39.2 Å². The number of aliphatic imine (C=N–C) groups is 1. The summed E-state index contributed by atoms with van der Waals surface area (Å²) in [7, 11) is 3.47. The van der Waals surface area contributed by atoms with Crippen molar-refractivity contribution in [2.24, 2.45) is 4.99 Å². The Morgan fingerprint density at radius 3 is 2.62 bits per heavy atom. The zero-order valence-electron chi connectivity index (χ0n) is 14.6. The molecule has 24 heavy (non-hydrogen) atoms. The lowest BCUT2D eigenvalue weighted by molar-refractivity contribution is -0.127. The van der Waals surface area contributed by atoms with E-state index in [9.17, 15) is 4.79 Å². The predicted molar refractivity (Wildman–Crippen MR) is 116 cm³/mol. The molecule has 5 nitrogen and oxygen atoms in total. The molecule has 1 rings (SSSR count). The van der Waals surface area contributed by atoms with Crippen molar-refractivity contribution in [1.82, 2.24) is 15.5 Å². The van der Waals surface area contributed by atoms with Gasteiger partial charge in [-0.1, -0.05) is 23.7 Å². The highest BCUT2D eigenvalue weighted by Crippen LogP contribution is 2.16. The molecule has 0 saturated carbocycles. The lowest BCUT2D eigenvalue weighted by Gasteiger charge is -2.15. The van der Waals surface area contributed by atoms with Crippen LogP contribution < -0.4 is 10.6 Å². The van der Waals surface area contributed by atoms with E-state index in [1.54, 1.807) is 30.8 Å². The van der Waals surface area contributed by atoms with Crippen LogP contribution in [0.15, 0.2) is 23.2 Å². The van der Waals surface area contributed by atoms with E-state index in [0.29, 0.717) is 12.5 Å². The van der Waals surface area contributed by atoms with Gasteiger partial charge in [0.15, 0.2) is 5.96 Å². The quantitative estimate of drug-likeness (QED) is 0.270. The molecule has 8 heteroatoms. The second-order valence-electron chi connectivity index (χ2n) is 5.31. The number of nitrogens with one attached hydrogen (secondary N) is 2. The average Bonchev–Trinajstić information content (AvgIpc) is 2.52. The number of nitrogens with zero attached hydrogens (tertiary/aromatic N) is 2. The van der Waals surface area contributed by atoms with E-state index in [0.717, 1.165) is 28.4 Å². The van der Waals surface area contributed by atoms with Gasteiger partial charge in [-0.3, -0.25) is 4.79 Å². The van der Waals surface area contributed by atoms with Gasteiger partial charge in [0.05, 0.1) is 13.1 Å². The summed E-state index contributed by atoms with van der Waals surface area (Å²) in [5, 5.41) is 7.06. The normalized spacial score (nSPS) is 10.8. The molecule has 1 aromatic carbocycles. The third-order valence-electron chi connectivity index (χ3n) is 3.15. The topological polar surface area (TPSA) is 56.7 Å². The number of halogens is 2. The molecule has 0 bridgehead atoms. The maximum atomic E-state index is 11.7. The van der Waals surface area contributed by atoms with E-state index in [2.05, 4.69) is 21.9 Å². The minimum Gasteiger partial charge on any atom is -0.356 e. The number of thioether (sulfide) groups is 1. The van der Waals surface area contributed by atoms with E-state index >= 15 is 0 Å². The van der Waals surface area contributed by atoms with E-state index in [-0.39, 0.29) is 36.4 Å². The van der Waals surface area contributed by atoms with Crippen molar-refractivity contribution >= 4 is 59.2 Å². The molecule has 1 amide bonds. The van der Waals surface area contributed by atoms with Crippen LogP contribution in [0.1, 0.15) is 11.1 Å². The lowest BCUT2D eigenvalue weighted by atomic mass is 10.1. The summed E-state index contributed by atoms with van der Waals surface area (Å²) in [6.07, 6.45) is 2.05. The number of hydrogen-bond donors (Lipinski definition) is 2. The molecule has 2 N–H and O–H groups in total. The van der Waals surface area contributed by atoms with Crippen molar-refractivity contribution in [3.63, 3.8) is 0 Å². The fraction of sp³-hybridized carbons (Fsp3) is 0.500. The minimum absolute atomic E-state index is 0. The number of hydrogen-bond acceptors (Lipinski definition) is 3. The molecule has 0 heterocycles. The molecule has 0 spiro atoms. The standard InChI is InChI=1S/C16H25ClN4OS.HI/c1-12-9-13(5-6-14(12)17)10-19-16(18-7-8-23-4)20-11-15(22)21(2)3;/h5-6,9H,7-8,10-11H2,1-4H3,(H2,18,19,20);1H. The monoisotopic (exact) mass is 484 g/mol. The van der Waals surface area contributed by atoms with Crippen LogP contribution in [0.5, 0.6) is 0 Å². The smallest absolute Gasteiger partial charge is 0.241 e. The van der Waals surface area contributed by atoms with Crippen LogP contribution in [0, 0.1) is 6.92 Å². The molecule has 0 unspecified atom stereocenters. The van der Waals surface area contributed by atoms with Crippen molar-refractivity contribution in [3.8, 4) is 0 Å². The number of carbonyl (C=O) groups is 1. The number of aryl methyl sites for hydroxylation is 1. The van der Waals surface area contributed by atoms with Gasteiger partial charge in [0.1, 0.15) is 0 Å². The molecular weight excluding hydrogens is 459 g/mol. The van der Waals surface area contributed by atoms with E-state index in [4.69, 9.17) is 11.6 Å². The summed E-state index contributed by atoms with van der Waals surface area (Å²) < 4.78 is 0. The third-order valence-corrected chi connectivity index (χ3v) is 4.18. The second kappa shape index (κ2) is 12.7. The van der Waals surface area contributed by atoms with Gasteiger partial charge < -0.3 is 15.5 Å². The summed E-state index contributed by atoms with van der Waals surface area (Å²) in [4.78, 5) is 17.8. The first-order valence-corrected chi connectivity index (χ1v) is 9.17. The highest BCUT2D eigenvalue weighted by molar-refractivity contribution is 14.0. The Labute approximate surface area is 171 Å². The van der Waals surface area contributed by atoms with E-state index in [1.165, 1.54) is 0 Å². The molecule has 0 radical (unpaired) electrons. The predicted octanol–water partition coefficient (Wildman–Crippen LogP) is 2.75. The molecule has 0 aromatic heterocycles. The molecule has 1 aromatic rings. The van der Waals surface area contributed by atoms with Crippen LogP contribution >= 0.6 is 47.3 Å². The zero-order chi connectivity index (χ0) is 17.2. The fourth-order valence-corrected chi connectivity index (χ4v) is 2.16. The van der Waals surface area contributed by atoms with E-state index < -0.39 is 0 Å². The Balaban J connectivity index is 0.00000529. The number of amides is 1. The number of likely N-dealkylation sites (N-methyl/N-ethyl adjacent to an activating group) is 1. The van der Waals surface area contributed by atoms with Crippen LogP contribution in [0.25, 0.3) is 0 Å². The van der Waals surface area contributed by atoms with Gasteiger partial charge in [-0.05, 0) is 30.4 Å². The Kier molecular flexibility index (Phi) is 12.3. The Morgan fingerprint density at radius 1 is 1.33 bits per heavy atom. The van der Waals surface area contributed by atoms with Crippen molar-refractivity contribution in [2.45, 2.75) is 13.5 Å². The zero-order valence-corrected chi connectivity index (χ0v) is 18.5. The summed E-state index contributed by atoms with van der Waals surface area (Å²) in [5.74, 6) is 1.62. The lowest BCUT2D eigenvalue weighted by Crippen LogP contribution is -2.43. The summed E-state index contributed by atoms with van der Waals surface area (Å²) in [5.41, 5.74) is 2.11. The largest absolute Gasteiger partial charge is 0.356 e. The van der Waals surface area contributed by atoms with Gasteiger partial charge in [-0.15, -0.1) is 24.0 Å². The molecule has 0 saturated heterocycles.